The first kappa shape index (κ1) is 14.4. The minimum absolute atomic E-state index is 0.0279. The molecule has 0 aliphatic heterocycles. The quantitative estimate of drug-likeness (QED) is 0.556. The lowest BCUT2D eigenvalue weighted by Crippen LogP contribution is -2.22. The number of hydrogen-bond donors (Lipinski definition) is 1. The lowest BCUT2D eigenvalue weighted by atomic mass is 10.1. The van der Waals surface area contributed by atoms with Crippen LogP contribution in [-0.2, 0) is 0 Å². The van der Waals surface area contributed by atoms with E-state index in [-0.39, 0.29) is 5.01 Å². The Kier molecular flexibility index (Phi) is 6.85. The van der Waals surface area contributed by atoms with E-state index < -0.39 is 0 Å². The van der Waals surface area contributed by atoms with E-state index in [1.54, 1.807) is 0 Å². The molecule has 1 aromatic carbocycles. The van der Waals surface area contributed by atoms with Crippen LogP contribution in [0.2, 0.25) is 0 Å². The summed E-state index contributed by atoms with van der Waals surface area (Å²) >= 11 is 11.5. The predicted molar refractivity (Wildman–Crippen MR) is 79.2 cm³/mol. The van der Waals surface area contributed by atoms with Gasteiger partial charge in [-0.15, -0.1) is 12.6 Å². The lowest BCUT2D eigenvalue weighted by molar-refractivity contribution is 0.223. The van der Waals surface area contributed by atoms with Crippen LogP contribution in [0.25, 0.3) is 0 Å². The highest BCUT2D eigenvalue weighted by Gasteiger charge is 2.19. The first-order valence-electron chi connectivity index (χ1n) is 5.33. The summed E-state index contributed by atoms with van der Waals surface area (Å²) in [6.07, 6.45) is 2.29. The van der Waals surface area contributed by atoms with Crippen molar-refractivity contribution >= 4 is 44.5 Å². The molecule has 0 fully saturated rings. The number of thiol groups is 1. The largest absolute Gasteiger partial charge is 0.478 e. The zero-order valence-corrected chi connectivity index (χ0v) is 13.3. The Morgan fingerprint density at radius 2 is 2.06 bits per heavy atom. The van der Waals surface area contributed by atoms with Gasteiger partial charge < -0.3 is 4.74 Å². The van der Waals surface area contributed by atoms with Crippen molar-refractivity contribution in [2.24, 2.45) is 5.92 Å². The second-order valence-electron chi connectivity index (χ2n) is 3.64. The van der Waals surface area contributed by atoms with Gasteiger partial charge in [0.1, 0.15) is 5.75 Å². The van der Waals surface area contributed by atoms with Crippen molar-refractivity contribution in [3.8, 4) is 5.75 Å². The van der Waals surface area contributed by atoms with Crippen LogP contribution in [0.15, 0.2) is 29.2 Å². The third kappa shape index (κ3) is 4.30. The van der Waals surface area contributed by atoms with Crippen LogP contribution in [0.4, 0.5) is 0 Å². The van der Waals surface area contributed by atoms with E-state index in [1.165, 1.54) is 0 Å². The van der Waals surface area contributed by atoms with Gasteiger partial charge in [0, 0.05) is 16.1 Å². The molecule has 0 aliphatic rings. The first-order chi connectivity index (χ1) is 7.69. The van der Waals surface area contributed by atoms with Crippen LogP contribution in [0, 0.1) is 5.92 Å². The van der Waals surface area contributed by atoms with Crippen LogP contribution in [0.3, 0.4) is 0 Å². The maximum Gasteiger partial charge on any atom is 0.156 e. The van der Waals surface area contributed by atoms with Gasteiger partial charge in [0.2, 0.25) is 0 Å². The fourth-order valence-electron chi connectivity index (χ4n) is 1.42. The molecule has 0 N–H and O–H groups in total. The zero-order chi connectivity index (χ0) is 12.0. The van der Waals surface area contributed by atoms with Gasteiger partial charge in [0.25, 0.3) is 0 Å². The Labute approximate surface area is 120 Å². The molecule has 1 nitrogen and oxygen atoms in total. The number of rotatable bonds is 6. The van der Waals surface area contributed by atoms with E-state index in [1.807, 2.05) is 24.3 Å². The van der Waals surface area contributed by atoms with E-state index in [0.717, 1.165) is 28.8 Å². The lowest BCUT2D eigenvalue weighted by Gasteiger charge is -2.21. The maximum atomic E-state index is 5.86. The van der Waals surface area contributed by atoms with Crippen LogP contribution < -0.4 is 4.74 Å². The molecule has 1 aromatic rings. The second kappa shape index (κ2) is 7.62. The van der Waals surface area contributed by atoms with Crippen LogP contribution >= 0.6 is 44.5 Å². The van der Waals surface area contributed by atoms with Crippen molar-refractivity contribution in [2.75, 3.05) is 5.33 Å². The molecule has 0 saturated carbocycles. The molecular formula is C12H16Br2OS. The highest BCUT2D eigenvalue weighted by Crippen LogP contribution is 2.28. The molecule has 0 aliphatic carbocycles. The van der Waals surface area contributed by atoms with Crippen molar-refractivity contribution in [1.29, 1.82) is 0 Å². The molecule has 0 radical (unpaired) electrons. The average Bonchev–Trinajstić information content (AvgIpc) is 2.29. The third-order valence-electron chi connectivity index (χ3n) is 2.33. The summed E-state index contributed by atoms with van der Waals surface area (Å²) in [6.45, 7) is 2.18. The summed E-state index contributed by atoms with van der Waals surface area (Å²) in [6, 6.07) is 7.78. The van der Waals surface area contributed by atoms with Gasteiger partial charge in [-0.05, 0) is 34.5 Å². The first-order valence-corrected chi connectivity index (χ1v) is 7.82. The monoisotopic (exact) mass is 366 g/mol. The number of para-hydroxylation sites is 1. The minimum atomic E-state index is 0.0279. The smallest absolute Gasteiger partial charge is 0.156 e. The molecule has 4 heteroatoms. The average molecular weight is 368 g/mol. The summed E-state index contributed by atoms with van der Waals surface area (Å²) < 4.78 is 5.86. The molecule has 1 rings (SSSR count). The fraction of sp³-hybridized carbons (Fsp3) is 0.500. The van der Waals surface area contributed by atoms with Gasteiger partial charge in [0.05, 0.1) is 0 Å². The Bertz CT molecular complexity index is 320. The van der Waals surface area contributed by atoms with Gasteiger partial charge in [-0.1, -0.05) is 41.4 Å². The van der Waals surface area contributed by atoms with Crippen molar-refractivity contribution in [2.45, 2.75) is 29.7 Å². The Hall–Kier alpha value is 0.330. The van der Waals surface area contributed by atoms with Crippen molar-refractivity contribution in [1.82, 2.24) is 0 Å². The van der Waals surface area contributed by atoms with Crippen molar-refractivity contribution in [3.63, 3.8) is 0 Å². The summed E-state index contributed by atoms with van der Waals surface area (Å²) in [5, 5.41) is 0.964. The number of ether oxygens (including phenoxy) is 1. The van der Waals surface area contributed by atoms with Crippen LogP contribution in [-0.4, -0.2) is 10.3 Å². The van der Waals surface area contributed by atoms with Gasteiger partial charge in [-0.3, -0.25) is 0 Å². The maximum absolute atomic E-state index is 5.86. The fourth-order valence-corrected chi connectivity index (χ4v) is 3.45. The standard InChI is InChI=1S/C12H16Br2OS/c1-2-5-9(8-13)12(14)15-10-6-3-4-7-11(10)16/h3-4,6-7,9,12,16H,2,5,8H2,1H3. The number of benzene rings is 1. The van der Waals surface area contributed by atoms with Crippen LogP contribution in [0.1, 0.15) is 19.8 Å². The van der Waals surface area contributed by atoms with Gasteiger partial charge in [-0.25, -0.2) is 0 Å². The van der Waals surface area contributed by atoms with Gasteiger partial charge in [0.15, 0.2) is 5.01 Å². The normalized spacial score (nSPS) is 14.5. The molecule has 0 heterocycles. The molecule has 0 aromatic heterocycles. The topological polar surface area (TPSA) is 9.23 Å². The molecular weight excluding hydrogens is 352 g/mol. The third-order valence-corrected chi connectivity index (χ3v) is 4.47. The van der Waals surface area contributed by atoms with Crippen molar-refractivity contribution < 1.29 is 4.74 Å². The van der Waals surface area contributed by atoms with E-state index >= 15 is 0 Å². The minimum Gasteiger partial charge on any atom is -0.478 e. The summed E-state index contributed by atoms with van der Waals surface area (Å²) in [5.41, 5.74) is 0. The molecule has 0 spiro atoms. The van der Waals surface area contributed by atoms with E-state index in [9.17, 15) is 0 Å². The van der Waals surface area contributed by atoms with Crippen LogP contribution in [0.5, 0.6) is 5.75 Å². The summed E-state index contributed by atoms with van der Waals surface area (Å²) in [5.74, 6) is 1.30. The molecule has 0 amide bonds. The molecule has 90 valence electrons. The van der Waals surface area contributed by atoms with Gasteiger partial charge in [-0.2, -0.15) is 0 Å². The number of alkyl halides is 2. The Morgan fingerprint density at radius 1 is 1.38 bits per heavy atom. The molecule has 2 unspecified atom stereocenters. The SMILES string of the molecule is CCCC(CBr)C(Br)Oc1ccccc1S. The number of halogens is 2. The zero-order valence-electron chi connectivity index (χ0n) is 9.20. The predicted octanol–water partition coefficient (Wildman–Crippen LogP) is 4.89. The molecule has 2 atom stereocenters. The summed E-state index contributed by atoms with van der Waals surface area (Å²) in [4.78, 5) is 0.872. The highest BCUT2D eigenvalue weighted by atomic mass is 79.9. The Morgan fingerprint density at radius 3 is 2.62 bits per heavy atom. The molecule has 0 bridgehead atoms. The van der Waals surface area contributed by atoms with E-state index in [0.29, 0.717) is 5.92 Å². The highest BCUT2D eigenvalue weighted by molar-refractivity contribution is 9.10. The van der Waals surface area contributed by atoms with Crippen molar-refractivity contribution in [3.05, 3.63) is 24.3 Å². The number of hydrogen-bond acceptors (Lipinski definition) is 2. The summed E-state index contributed by atoms with van der Waals surface area (Å²) in [7, 11) is 0. The Balaban J connectivity index is 2.62. The second-order valence-corrected chi connectivity index (χ2v) is 5.67. The molecule has 16 heavy (non-hydrogen) atoms. The molecule has 0 saturated heterocycles. The van der Waals surface area contributed by atoms with E-state index in [2.05, 4.69) is 51.4 Å². The van der Waals surface area contributed by atoms with E-state index in [4.69, 9.17) is 4.74 Å². The van der Waals surface area contributed by atoms with Gasteiger partial charge >= 0.3 is 0 Å².